The van der Waals surface area contributed by atoms with Crippen LogP contribution in [0, 0.1) is 5.92 Å². The molecule has 1 rings (SSSR count). The van der Waals surface area contributed by atoms with Gasteiger partial charge in [0.05, 0.1) is 0 Å². The van der Waals surface area contributed by atoms with Crippen LogP contribution in [0.25, 0.3) is 0 Å². The molecular weight excluding hydrogens is 232 g/mol. The molecule has 1 aliphatic rings. The molecule has 0 radical (unpaired) electrons. The van der Waals surface area contributed by atoms with Crippen LogP contribution in [0.2, 0.25) is 0 Å². The zero-order valence-electron chi connectivity index (χ0n) is 11.7. The molecule has 1 heterocycles. The number of piperidine rings is 1. The maximum absolute atomic E-state index is 12.5. The first-order valence-corrected chi connectivity index (χ1v) is 6.48. The average molecular weight is 256 g/mol. The minimum Gasteiger partial charge on any atom is -0.480 e. The van der Waals surface area contributed by atoms with E-state index in [0.29, 0.717) is 6.04 Å². The third-order valence-electron chi connectivity index (χ3n) is 3.34. The van der Waals surface area contributed by atoms with Crippen LogP contribution in [-0.4, -0.2) is 46.6 Å². The van der Waals surface area contributed by atoms with Gasteiger partial charge in [0.15, 0.2) is 0 Å². The Labute approximate surface area is 109 Å². The van der Waals surface area contributed by atoms with Gasteiger partial charge in [-0.3, -0.25) is 9.59 Å². The van der Waals surface area contributed by atoms with E-state index in [1.165, 1.54) is 4.90 Å². The SMILES string of the molecule is CC1CC(C(=O)N(CC(=O)O)C(C)(C)C)CCN1. The quantitative estimate of drug-likeness (QED) is 0.793. The zero-order valence-corrected chi connectivity index (χ0v) is 11.7. The molecule has 0 bridgehead atoms. The monoisotopic (exact) mass is 256 g/mol. The van der Waals surface area contributed by atoms with Crippen LogP contribution in [0.1, 0.15) is 40.5 Å². The Morgan fingerprint density at radius 1 is 1.39 bits per heavy atom. The number of nitrogens with zero attached hydrogens (tertiary/aromatic N) is 1. The maximum Gasteiger partial charge on any atom is 0.323 e. The summed E-state index contributed by atoms with van der Waals surface area (Å²) in [5.74, 6) is -1.04. The molecule has 1 saturated heterocycles. The molecule has 0 aliphatic carbocycles. The van der Waals surface area contributed by atoms with Crippen LogP contribution in [0.5, 0.6) is 0 Å². The average Bonchev–Trinajstić information content (AvgIpc) is 2.23. The van der Waals surface area contributed by atoms with Crippen molar-refractivity contribution in [1.29, 1.82) is 0 Å². The summed E-state index contributed by atoms with van der Waals surface area (Å²) < 4.78 is 0. The molecule has 18 heavy (non-hydrogen) atoms. The molecule has 0 aromatic carbocycles. The summed E-state index contributed by atoms with van der Waals surface area (Å²) in [4.78, 5) is 24.8. The highest BCUT2D eigenvalue weighted by Crippen LogP contribution is 2.23. The van der Waals surface area contributed by atoms with Crippen LogP contribution in [0.3, 0.4) is 0 Å². The molecule has 2 unspecified atom stereocenters. The third-order valence-corrected chi connectivity index (χ3v) is 3.34. The molecule has 1 fully saturated rings. The van der Waals surface area contributed by atoms with Gasteiger partial charge in [-0.15, -0.1) is 0 Å². The lowest BCUT2D eigenvalue weighted by atomic mass is 9.90. The second kappa shape index (κ2) is 5.69. The molecule has 5 nitrogen and oxygen atoms in total. The summed E-state index contributed by atoms with van der Waals surface area (Å²) in [6.45, 7) is 8.27. The van der Waals surface area contributed by atoms with Gasteiger partial charge in [0, 0.05) is 17.5 Å². The number of carboxylic acid groups (broad SMARTS) is 1. The lowest BCUT2D eigenvalue weighted by Crippen LogP contribution is -2.52. The molecule has 0 spiro atoms. The molecule has 104 valence electrons. The number of amides is 1. The number of nitrogens with one attached hydrogen (secondary N) is 1. The van der Waals surface area contributed by atoms with Crippen LogP contribution in [0.4, 0.5) is 0 Å². The Kier molecular flexibility index (Phi) is 4.73. The summed E-state index contributed by atoms with van der Waals surface area (Å²) in [6, 6.07) is 0.319. The first-order chi connectivity index (χ1) is 8.21. The van der Waals surface area contributed by atoms with Gasteiger partial charge in [0.1, 0.15) is 6.54 Å². The molecule has 1 aliphatic heterocycles. The summed E-state index contributed by atoms with van der Waals surface area (Å²) in [5, 5.41) is 12.2. The minimum absolute atomic E-state index is 0.0294. The first kappa shape index (κ1) is 15.0. The van der Waals surface area contributed by atoms with E-state index < -0.39 is 11.5 Å². The highest BCUT2D eigenvalue weighted by Gasteiger charge is 2.34. The third kappa shape index (κ3) is 3.98. The lowest BCUT2D eigenvalue weighted by molar-refractivity contribution is -0.151. The zero-order chi connectivity index (χ0) is 13.9. The van der Waals surface area contributed by atoms with Crippen LogP contribution in [-0.2, 0) is 9.59 Å². The fraction of sp³-hybridized carbons (Fsp3) is 0.846. The first-order valence-electron chi connectivity index (χ1n) is 6.48. The largest absolute Gasteiger partial charge is 0.480 e. The molecular formula is C13H24N2O3. The van der Waals surface area contributed by atoms with Crippen molar-refractivity contribution in [3.63, 3.8) is 0 Å². The Bertz CT molecular complexity index is 323. The van der Waals surface area contributed by atoms with Crippen molar-refractivity contribution in [3.05, 3.63) is 0 Å². The van der Waals surface area contributed by atoms with Gasteiger partial charge in [0.2, 0.25) is 5.91 Å². The number of carboxylic acids is 1. The fourth-order valence-electron chi connectivity index (χ4n) is 2.36. The summed E-state index contributed by atoms with van der Waals surface area (Å²) in [5.41, 5.74) is -0.455. The van der Waals surface area contributed by atoms with Crippen LogP contribution < -0.4 is 5.32 Å². The van der Waals surface area contributed by atoms with Crippen molar-refractivity contribution in [2.45, 2.75) is 52.1 Å². The van der Waals surface area contributed by atoms with Gasteiger partial charge in [-0.05, 0) is 47.1 Å². The second-order valence-corrected chi connectivity index (χ2v) is 6.07. The molecule has 2 atom stereocenters. The predicted molar refractivity (Wildman–Crippen MR) is 69.3 cm³/mol. The smallest absolute Gasteiger partial charge is 0.323 e. The Balaban J connectivity index is 2.78. The van der Waals surface area contributed by atoms with Crippen molar-refractivity contribution in [3.8, 4) is 0 Å². The molecule has 0 aromatic heterocycles. The molecule has 5 heteroatoms. The molecule has 2 N–H and O–H groups in total. The predicted octanol–water partition coefficient (Wildman–Crippen LogP) is 1.09. The molecule has 1 amide bonds. The Hall–Kier alpha value is -1.10. The topological polar surface area (TPSA) is 69.6 Å². The maximum atomic E-state index is 12.5. The number of aliphatic carboxylic acids is 1. The summed E-state index contributed by atoms with van der Waals surface area (Å²) in [6.07, 6.45) is 1.57. The number of rotatable bonds is 3. The van der Waals surface area contributed by atoms with Gasteiger partial charge >= 0.3 is 5.97 Å². The van der Waals surface area contributed by atoms with Crippen LogP contribution >= 0.6 is 0 Å². The van der Waals surface area contributed by atoms with E-state index in [4.69, 9.17) is 5.11 Å². The summed E-state index contributed by atoms with van der Waals surface area (Å²) >= 11 is 0. The van der Waals surface area contributed by atoms with Gasteiger partial charge in [-0.2, -0.15) is 0 Å². The van der Waals surface area contributed by atoms with E-state index in [-0.39, 0.29) is 18.4 Å². The number of hydrogen-bond acceptors (Lipinski definition) is 3. The van der Waals surface area contributed by atoms with Crippen molar-refractivity contribution < 1.29 is 14.7 Å². The van der Waals surface area contributed by atoms with Crippen LogP contribution in [0.15, 0.2) is 0 Å². The number of hydrogen-bond donors (Lipinski definition) is 2. The van der Waals surface area contributed by atoms with Gasteiger partial charge in [0.25, 0.3) is 0 Å². The highest BCUT2D eigenvalue weighted by molar-refractivity contribution is 5.84. The van der Waals surface area contributed by atoms with Crippen molar-refractivity contribution >= 4 is 11.9 Å². The van der Waals surface area contributed by atoms with E-state index in [9.17, 15) is 9.59 Å². The van der Waals surface area contributed by atoms with E-state index in [1.54, 1.807) is 0 Å². The van der Waals surface area contributed by atoms with E-state index in [1.807, 2.05) is 20.8 Å². The Morgan fingerprint density at radius 2 is 2.00 bits per heavy atom. The van der Waals surface area contributed by atoms with Crippen molar-refractivity contribution in [2.24, 2.45) is 5.92 Å². The van der Waals surface area contributed by atoms with Crippen molar-refractivity contribution in [2.75, 3.05) is 13.1 Å². The van der Waals surface area contributed by atoms with E-state index >= 15 is 0 Å². The van der Waals surface area contributed by atoms with Gasteiger partial charge < -0.3 is 15.3 Å². The molecule has 0 saturated carbocycles. The number of carbonyl (C=O) groups excluding carboxylic acids is 1. The number of carbonyl (C=O) groups is 2. The van der Waals surface area contributed by atoms with E-state index in [2.05, 4.69) is 12.2 Å². The van der Waals surface area contributed by atoms with E-state index in [0.717, 1.165) is 19.4 Å². The second-order valence-electron chi connectivity index (χ2n) is 6.07. The molecule has 0 aromatic rings. The highest BCUT2D eigenvalue weighted by atomic mass is 16.4. The Morgan fingerprint density at radius 3 is 2.44 bits per heavy atom. The minimum atomic E-state index is -0.958. The van der Waals surface area contributed by atoms with Gasteiger partial charge in [-0.25, -0.2) is 0 Å². The normalized spacial score (nSPS) is 24.7. The van der Waals surface area contributed by atoms with Gasteiger partial charge in [-0.1, -0.05) is 0 Å². The van der Waals surface area contributed by atoms with Crippen molar-refractivity contribution in [1.82, 2.24) is 10.2 Å². The standard InChI is InChI=1S/C13H24N2O3/c1-9-7-10(5-6-14-9)12(18)15(8-11(16)17)13(2,3)4/h9-10,14H,5-8H2,1-4H3,(H,16,17). The fourth-order valence-corrected chi connectivity index (χ4v) is 2.36. The lowest BCUT2D eigenvalue weighted by Gasteiger charge is -2.38. The summed E-state index contributed by atoms with van der Waals surface area (Å²) in [7, 11) is 0.